The Morgan fingerprint density at radius 1 is 0.871 bits per heavy atom. The number of unbranched alkanes of at least 4 members (excludes halogenated alkanes) is 2. The van der Waals surface area contributed by atoms with Gasteiger partial charge in [-0.2, -0.15) is 0 Å². The molecule has 1 heterocycles. The molecule has 1 saturated heterocycles. The number of piperazine rings is 1. The summed E-state index contributed by atoms with van der Waals surface area (Å²) in [4.78, 5) is 17.1. The summed E-state index contributed by atoms with van der Waals surface area (Å²) in [6, 6.07) is 16.6. The maximum Gasteiger partial charge on any atom is 0.224 e. The van der Waals surface area contributed by atoms with Gasteiger partial charge in [0.1, 0.15) is 5.75 Å². The predicted molar refractivity (Wildman–Crippen MR) is 128 cm³/mol. The van der Waals surface area contributed by atoms with Crippen molar-refractivity contribution in [1.29, 1.82) is 0 Å². The van der Waals surface area contributed by atoms with Crippen LogP contribution >= 0.6 is 0 Å². The number of likely N-dealkylation sites (N-methyl/N-ethyl adjacent to an activating group) is 1. The molecule has 2 aromatic rings. The van der Waals surface area contributed by atoms with Crippen molar-refractivity contribution >= 4 is 11.6 Å². The highest BCUT2D eigenvalue weighted by Crippen LogP contribution is 2.15. The molecule has 0 spiro atoms. The molecule has 1 aliphatic heterocycles. The van der Waals surface area contributed by atoms with Gasteiger partial charge >= 0.3 is 0 Å². The third-order valence-electron chi connectivity index (χ3n) is 6.08. The lowest BCUT2D eigenvalue weighted by Crippen LogP contribution is -2.45. The zero-order valence-corrected chi connectivity index (χ0v) is 19.1. The molecule has 168 valence electrons. The number of ether oxygens (including phenoxy) is 1. The van der Waals surface area contributed by atoms with Crippen molar-refractivity contribution in [2.75, 3.05) is 52.2 Å². The highest BCUT2D eigenvalue weighted by atomic mass is 16.5. The SMILES string of the molecule is COc1ccc(CCCCCC(=O)Nc2ccc(CCN3CCN(C)CC3)cc2)cc1. The van der Waals surface area contributed by atoms with Gasteiger partial charge < -0.3 is 19.9 Å². The number of rotatable bonds is 11. The van der Waals surface area contributed by atoms with E-state index in [1.165, 1.54) is 11.1 Å². The second kappa shape index (κ2) is 12.5. The number of carbonyl (C=O) groups is 1. The summed E-state index contributed by atoms with van der Waals surface area (Å²) in [5.41, 5.74) is 3.54. The molecule has 0 aromatic heterocycles. The number of nitrogens with zero attached hydrogens (tertiary/aromatic N) is 2. The Bertz CT molecular complexity index is 781. The van der Waals surface area contributed by atoms with Crippen molar-refractivity contribution in [1.82, 2.24) is 9.80 Å². The summed E-state index contributed by atoms with van der Waals surface area (Å²) in [6.07, 6.45) is 5.76. The van der Waals surface area contributed by atoms with E-state index in [-0.39, 0.29) is 5.91 Å². The fourth-order valence-electron chi connectivity index (χ4n) is 3.92. The summed E-state index contributed by atoms with van der Waals surface area (Å²) >= 11 is 0. The van der Waals surface area contributed by atoms with E-state index in [0.717, 1.165) is 76.3 Å². The molecule has 0 aliphatic carbocycles. The minimum Gasteiger partial charge on any atom is -0.497 e. The molecule has 5 heteroatoms. The van der Waals surface area contributed by atoms with Crippen LogP contribution in [0.25, 0.3) is 0 Å². The maximum atomic E-state index is 12.2. The van der Waals surface area contributed by atoms with Crippen LogP contribution in [0.2, 0.25) is 0 Å². The van der Waals surface area contributed by atoms with Gasteiger partial charge in [-0.15, -0.1) is 0 Å². The lowest BCUT2D eigenvalue weighted by molar-refractivity contribution is -0.116. The molecule has 1 aliphatic rings. The van der Waals surface area contributed by atoms with E-state index in [2.05, 4.69) is 46.4 Å². The second-order valence-electron chi connectivity index (χ2n) is 8.55. The van der Waals surface area contributed by atoms with E-state index in [0.29, 0.717) is 6.42 Å². The van der Waals surface area contributed by atoms with E-state index in [1.807, 2.05) is 24.3 Å². The molecule has 31 heavy (non-hydrogen) atoms. The number of carbonyl (C=O) groups excluding carboxylic acids is 1. The Balaban J connectivity index is 1.28. The molecular weight excluding hydrogens is 386 g/mol. The number of methoxy groups -OCH3 is 1. The minimum atomic E-state index is 0.106. The molecule has 2 aromatic carbocycles. The summed E-state index contributed by atoms with van der Waals surface area (Å²) in [5, 5.41) is 3.03. The molecule has 1 fully saturated rings. The number of benzene rings is 2. The van der Waals surface area contributed by atoms with Crippen LogP contribution in [0.3, 0.4) is 0 Å². The van der Waals surface area contributed by atoms with Gasteiger partial charge in [-0.25, -0.2) is 0 Å². The number of aryl methyl sites for hydroxylation is 1. The normalized spacial score (nSPS) is 15.0. The Morgan fingerprint density at radius 2 is 1.52 bits per heavy atom. The molecule has 1 N–H and O–H groups in total. The molecule has 0 atom stereocenters. The van der Waals surface area contributed by atoms with E-state index in [9.17, 15) is 4.79 Å². The van der Waals surface area contributed by atoms with Crippen LogP contribution in [0.4, 0.5) is 5.69 Å². The number of nitrogens with one attached hydrogen (secondary N) is 1. The third-order valence-corrected chi connectivity index (χ3v) is 6.08. The fraction of sp³-hybridized carbons (Fsp3) is 0.500. The first-order chi connectivity index (χ1) is 15.1. The van der Waals surface area contributed by atoms with E-state index in [1.54, 1.807) is 7.11 Å². The standard InChI is InChI=1S/C26H37N3O2/c1-28-18-20-29(21-19-28)17-16-23-8-12-24(13-9-23)27-26(30)7-5-3-4-6-22-10-14-25(31-2)15-11-22/h8-15H,3-7,16-21H2,1-2H3,(H,27,30). The summed E-state index contributed by atoms with van der Waals surface area (Å²) in [7, 11) is 3.87. The van der Waals surface area contributed by atoms with Gasteiger partial charge in [0.15, 0.2) is 0 Å². The van der Waals surface area contributed by atoms with Crippen molar-refractivity contribution in [3.05, 3.63) is 59.7 Å². The lowest BCUT2D eigenvalue weighted by atomic mass is 10.1. The summed E-state index contributed by atoms with van der Waals surface area (Å²) < 4.78 is 5.19. The zero-order chi connectivity index (χ0) is 21.9. The second-order valence-corrected chi connectivity index (χ2v) is 8.55. The fourth-order valence-corrected chi connectivity index (χ4v) is 3.92. The van der Waals surface area contributed by atoms with Gasteiger partial charge in [0, 0.05) is 44.8 Å². The average Bonchev–Trinajstić information content (AvgIpc) is 2.80. The number of anilines is 1. The number of hydrogen-bond donors (Lipinski definition) is 1. The monoisotopic (exact) mass is 423 g/mol. The van der Waals surface area contributed by atoms with Gasteiger partial charge in [0.25, 0.3) is 0 Å². The molecule has 1 amide bonds. The van der Waals surface area contributed by atoms with Crippen molar-refractivity contribution in [3.8, 4) is 5.75 Å². The molecule has 3 rings (SSSR count). The van der Waals surface area contributed by atoms with Crippen LogP contribution in [-0.2, 0) is 17.6 Å². The minimum absolute atomic E-state index is 0.106. The quantitative estimate of drug-likeness (QED) is 0.550. The van der Waals surface area contributed by atoms with Gasteiger partial charge in [0.2, 0.25) is 5.91 Å². The largest absolute Gasteiger partial charge is 0.497 e. The van der Waals surface area contributed by atoms with Crippen molar-refractivity contribution in [2.45, 2.75) is 38.5 Å². The highest BCUT2D eigenvalue weighted by molar-refractivity contribution is 5.90. The van der Waals surface area contributed by atoms with E-state index < -0.39 is 0 Å². The lowest BCUT2D eigenvalue weighted by Gasteiger charge is -2.32. The Morgan fingerprint density at radius 3 is 2.19 bits per heavy atom. The van der Waals surface area contributed by atoms with Crippen molar-refractivity contribution < 1.29 is 9.53 Å². The third kappa shape index (κ3) is 8.35. The Kier molecular flexibility index (Phi) is 9.38. The van der Waals surface area contributed by atoms with Crippen LogP contribution in [0.5, 0.6) is 5.75 Å². The van der Waals surface area contributed by atoms with Gasteiger partial charge in [-0.05, 0) is 68.1 Å². The van der Waals surface area contributed by atoms with E-state index in [4.69, 9.17) is 4.74 Å². The zero-order valence-electron chi connectivity index (χ0n) is 19.1. The van der Waals surface area contributed by atoms with Crippen LogP contribution in [0.1, 0.15) is 36.8 Å². The molecule has 0 saturated carbocycles. The summed E-state index contributed by atoms with van der Waals surface area (Å²) in [5.74, 6) is 0.998. The van der Waals surface area contributed by atoms with Crippen LogP contribution < -0.4 is 10.1 Å². The Hall–Kier alpha value is -2.37. The topological polar surface area (TPSA) is 44.8 Å². The Labute approximate surface area is 187 Å². The first-order valence-electron chi connectivity index (χ1n) is 11.5. The average molecular weight is 424 g/mol. The van der Waals surface area contributed by atoms with Crippen LogP contribution in [0.15, 0.2) is 48.5 Å². The van der Waals surface area contributed by atoms with Crippen molar-refractivity contribution in [2.24, 2.45) is 0 Å². The molecule has 0 bridgehead atoms. The first-order valence-corrected chi connectivity index (χ1v) is 11.5. The molecule has 0 unspecified atom stereocenters. The van der Waals surface area contributed by atoms with Gasteiger partial charge in [-0.1, -0.05) is 30.7 Å². The smallest absolute Gasteiger partial charge is 0.224 e. The molecule has 5 nitrogen and oxygen atoms in total. The predicted octanol–water partition coefficient (Wildman–Crippen LogP) is 4.23. The summed E-state index contributed by atoms with van der Waals surface area (Å²) in [6.45, 7) is 5.74. The first kappa shape index (κ1) is 23.3. The van der Waals surface area contributed by atoms with Gasteiger partial charge in [0.05, 0.1) is 7.11 Å². The van der Waals surface area contributed by atoms with Crippen LogP contribution in [-0.4, -0.2) is 62.6 Å². The van der Waals surface area contributed by atoms with Gasteiger partial charge in [-0.3, -0.25) is 4.79 Å². The number of hydrogen-bond acceptors (Lipinski definition) is 4. The highest BCUT2D eigenvalue weighted by Gasteiger charge is 2.13. The number of amides is 1. The molecule has 0 radical (unpaired) electrons. The van der Waals surface area contributed by atoms with Crippen LogP contribution in [0, 0.1) is 0 Å². The molecular formula is C26H37N3O2. The van der Waals surface area contributed by atoms with Crippen molar-refractivity contribution in [3.63, 3.8) is 0 Å². The van der Waals surface area contributed by atoms with E-state index >= 15 is 0 Å². The maximum absolute atomic E-state index is 12.2.